The van der Waals surface area contributed by atoms with E-state index in [4.69, 9.17) is 9.47 Å². The quantitative estimate of drug-likeness (QED) is 0.701. The van der Waals surface area contributed by atoms with Crippen molar-refractivity contribution >= 4 is 17.6 Å². The number of nitrogens with one attached hydrogen (secondary N) is 1. The van der Waals surface area contributed by atoms with Gasteiger partial charge >= 0.3 is 0 Å². The molecule has 1 aliphatic rings. The number of carbonyl (C=O) groups is 2. The zero-order valence-corrected chi connectivity index (χ0v) is 19.7. The van der Waals surface area contributed by atoms with Gasteiger partial charge < -0.3 is 19.7 Å². The molecule has 1 aromatic carbocycles. The van der Waals surface area contributed by atoms with Crippen molar-refractivity contribution in [3.63, 3.8) is 0 Å². The predicted octanol–water partition coefficient (Wildman–Crippen LogP) is 3.99. The molecule has 1 aromatic heterocycles. The molecule has 0 atom stereocenters. The van der Waals surface area contributed by atoms with Gasteiger partial charge in [0.2, 0.25) is 0 Å². The van der Waals surface area contributed by atoms with Gasteiger partial charge in [-0.2, -0.15) is 5.10 Å². The molecule has 3 rings (SSSR count). The monoisotopic (exact) mass is 442 g/mol. The zero-order valence-electron chi connectivity index (χ0n) is 19.7. The molecule has 0 unspecified atom stereocenters. The van der Waals surface area contributed by atoms with Crippen molar-refractivity contribution in [1.82, 2.24) is 14.7 Å². The molecule has 0 aliphatic carbocycles. The molecule has 0 saturated carbocycles. The Morgan fingerprint density at radius 3 is 2.44 bits per heavy atom. The Hall–Kier alpha value is -3.03. The largest absolute Gasteiger partial charge is 0.490 e. The lowest BCUT2D eigenvalue weighted by atomic mass is 10.1. The summed E-state index contributed by atoms with van der Waals surface area (Å²) in [5.41, 5.74) is 0.987. The Labute approximate surface area is 189 Å². The molecule has 174 valence electrons. The third-order valence-corrected chi connectivity index (χ3v) is 5.27. The molecular formula is C24H34N4O4. The lowest BCUT2D eigenvalue weighted by Crippen LogP contribution is -2.38. The minimum absolute atomic E-state index is 0.0280. The second-order valence-electron chi connectivity index (χ2n) is 9.03. The fourth-order valence-corrected chi connectivity index (χ4v) is 3.70. The van der Waals surface area contributed by atoms with Gasteiger partial charge in [-0.1, -0.05) is 0 Å². The van der Waals surface area contributed by atoms with E-state index in [2.05, 4.69) is 10.4 Å². The molecule has 1 fully saturated rings. The van der Waals surface area contributed by atoms with Crippen LogP contribution in [0.4, 0.5) is 5.82 Å². The molecule has 2 heterocycles. The van der Waals surface area contributed by atoms with Gasteiger partial charge in [0.25, 0.3) is 11.8 Å². The molecular weight excluding hydrogens is 408 g/mol. The Bertz CT molecular complexity index is 955. The number of likely N-dealkylation sites (tertiary alicyclic amines) is 1. The first-order chi connectivity index (χ1) is 15.2. The van der Waals surface area contributed by atoms with Crippen LogP contribution >= 0.6 is 0 Å². The van der Waals surface area contributed by atoms with E-state index in [0.29, 0.717) is 29.5 Å². The molecule has 0 radical (unpaired) electrons. The highest BCUT2D eigenvalue weighted by Crippen LogP contribution is 2.29. The van der Waals surface area contributed by atoms with Crippen molar-refractivity contribution in [2.75, 3.05) is 31.6 Å². The minimum Gasteiger partial charge on any atom is -0.490 e. The van der Waals surface area contributed by atoms with Gasteiger partial charge in [0.1, 0.15) is 5.82 Å². The fraction of sp³-hybridized carbons (Fsp3) is 0.542. The van der Waals surface area contributed by atoms with Gasteiger partial charge in [-0.25, -0.2) is 4.68 Å². The van der Waals surface area contributed by atoms with Crippen LogP contribution in [-0.2, 0) is 10.3 Å². The normalized spacial score (nSPS) is 14.2. The lowest BCUT2D eigenvalue weighted by Gasteiger charge is -2.26. The van der Waals surface area contributed by atoms with Crippen LogP contribution in [0.2, 0.25) is 0 Å². The lowest BCUT2D eigenvalue weighted by molar-refractivity contribution is -0.134. The molecule has 2 amide bonds. The van der Waals surface area contributed by atoms with E-state index in [1.807, 2.05) is 45.6 Å². The maximum atomic E-state index is 12.9. The van der Waals surface area contributed by atoms with Gasteiger partial charge in [0.05, 0.1) is 17.8 Å². The Morgan fingerprint density at radius 2 is 1.78 bits per heavy atom. The van der Waals surface area contributed by atoms with E-state index in [9.17, 15) is 9.59 Å². The van der Waals surface area contributed by atoms with E-state index in [0.717, 1.165) is 31.6 Å². The van der Waals surface area contributed by atoms with Gasteiger partial charge in [0.15, 0.2) is 18.1 Å². The highest BCUT2D eigenvalue weighted by molar-refractivity contribution is 6.04. The number of hydrogen-bond acceptors (Lipinski definition) is 5. The first-order valence-electron chi connectivity index (χ1n) is 11.2. The number of benzene rings is 1. The van der Waals surface area contributed by atoms with Crippen molar-refractivity contribution in [3.8, 4) is 11.5 Å². The number of nitrogens with zero attached hydrogens (tertiary/aromatic N) is 3. The Kier molecular flexibility index (Phi) is 7.43. The summed E-state index contributed by atoms with van der Waals surface area (Å²) < 4.78 is 13.3. The van der Waals surface area contributed by atoms with Crippen LogP contribution in [-0.4, -0.2) is 52.8 Å². The molecule has 0 spiro atoms. The second-order valence-corrected chi connectivity index (χ2v) is 9.03. The smallest absolute Gasteiger partial charge is 0.260 e. The summed E-state index contributed by atoms with van der Waals surface area (Å²) in [5.74, 6) is 1.22. The number of aryl methyl sites for hydroxylation is 1. The molecule has 2 aromatic rings. The summed E-state index contributed by atoms with van der Waals surface area (Å²) in [6, 6.07) is 6.83. The summed E-state index contributed by atoms with van der Waals surface area (Å²) in [5, 5.41) is 7.43. The van der Waals surface area contributed by atoms with Crippen LogP contribution in [0.1, 0.15) is 63.0 Å². The maximum Gasteiger partial charge on any atom is 0.260 e. The highest BCUT2D eigenvalue weighted by Gasteiger charge is 2.22. The number of anilines is 1. The molecule has 32 heavy (non-hydrogen) atoms. The number of aromatic nitrogens is 2. The van der Waals surface area contributed by atoms with Crippen LogP contribution < -0.4 is 14.8 Å². The van der Waals surface area contributed by atoms with Crippen molar-refractivity contribution in [1.29, 1.82) is 0 Å². The zero-order chi connectivity index (χ0) is 23.3. The number of rotatable bonds is 7. The van der Waals surface area contributed by atoms with E-state index in [1.54, 1.807) is 22.9 Å². The average Bonchev–Trinajstić information content (AvgIpc) is 3.14. The fourth-order valence-electron chi connectivity index (χ4n) is 3.70. The van der Waals surface area contributed by atoms with Crippen LogP contribution in [0.5, 0.6) is 11.5 Å². The van der Waals surface area contributed by atoms with Gasteiger partial charge in [-0.15, -0.1) is 0 Å². The summed E-state index contributed by atoms with van der Waals surface area (Å²) in [7, 11) is 0. The Balaban J connectivity index is 1.72. The molecule has 1 saturated heterocycles. The molecule has 0 bridgehead atoms. The first kappa shape index (κ1) is 23.6. The minimum atomic E-state index is -0.272. The van der Waals surface area contributed by atoms with E-state index < -0.39 is 0 Å². The molecule has 1 aliphatic heterocycles. The van der Waals surface area contributed by atoms with Crippen LogP contribution in [0.3, 0.4) is 0 Å². The van der Waals surface area contributed by atoms with Crippen LogP contribution in [0.25, 0.3) is 0 Å². The van der Waals surface area contributed by atoms with E-state index in [1.165, 1.54) is 6.42 Å². The maximum absolute atomic E-state index is 12.9. The third kappa shape index (κ3) is 5.81. The van der Waals surface area contributed by atoms with Crippen molar-refractivity contribution < 1.29 is 19.1 Å². The van der Waals surface area contributed by atoms with Crippen LogP contribution in [0, 0.1) is 6.92 Å². The van der Waals surface area contributed by atoms with Crippen molar-refractivity contribution in [2.45, 2.75) is 59.4 Å². The molecule has 8 nitrogen and oxygen atoms in total. The number of carbonyl (C=O) groups excluding carboxylic acids is 2. The van der Waals surface area contributed by atoms with E-state index in [-0.39, 0.29) is 24.0 Å². The van der Waals surface area contributed by atoms with Crippen LogP contribution in [0.15, 0.2) is 24.3 Å². The van der Waals surface area contributed by atoms with Gasteiger partial charge in [-0.3, -0.25) is 9.59 Å². The van der Waals surface area contributed by atoms with Gasteiger partial charge in [-0.05, 0) is 72.1 Å². The Morgan fingerprint density at radius 1 is 1.06 bits per heavy atom. The third-order valence-electron chi connectivity index (χ3n) is 5.27. The summed E-state index contributed by atoms with van der Waals surface area (Å²) in [6.07, 6.45) is 3.24. The first-order valence-corrected chi connectivity index (χ1v) is 11.2. The number of hydrogen-bond donors (Lipinski definition) is 1. The number of ether oxygens (including phenoxy) is 2. The SMILES string of the molecule is CCOc1cc(C(=O)Nc2cc(C)nn2C(C)(C)C)ccc1OCC(=O)N1CCCCC1. The standard InChI is InChI=1S/C24H34N4O4/c1-6-31-20-15-18(23(30)25-21-14-17(2)26-28(21)24(3,4)5)10-11-19(20)32-16-22(29)27-12-8-7-9-13-27/h10-11,14-15H,6-9,12-13,16H2,1-5H3,(H,25,30). The summed E-state index contributed by atoms with van der Waals surface area (Å²) in [4.78, 5) is 27.2. The number of amides is 2. The average molecular weight is 443 g/mol. The summed E-state index contributed by atoms with van der Waals surface area (Å²) >= 11 is 0. The highest BCUT2D eigenvalue weighted by atomic mass is 16.5. The summed E-state index contributed by atoms with van der Waals surface area (Å²) in [6.45, 7) is 11.8. The molecule has 8 heteroatoms. The topological polar surface area (TPSA) is 85.7 Å². The van der Waals surface area contributed by atoms with Crippen molar-refractivity contribution in [3.05, 3.63) is 35.5 Å². The van der Waals surface area contributed by atoms with Gasteiger partial charge in [0, 0.05) is 24.7 Å². The molecule has 1 N–H and O–H groups in total. The second kappa shape index (κ2) is 10.1. The predicted molar refractivity (Wildman–Crippen MR) is 123 cm³/mol. The number of piperidine rings is 1. The van der Waals surface area contributed by atoms with Crippen molar-refractivity contribution in [2.24, 2.45) is 0 Å². The van der Waals surface area contributed by atoms with E-state index >= 15 is 0 Å².